The number of para-hydroxylation sites is 1. The zero-order valence-corrected chi connectivity index (χ0v) is 11.8. The van der Waals surface area contributed by atoms with Crippen LogP contribution >= 0.6 is 12.6 Å². The molecule has 1 amide bonds. The molecule has 1 N–H and O–H groups in total. The largest absolute Gasteiger partial charge is 0.488 e. The summed E-state index contributed by atoms with van der Waals surface area (Å²) in [5.74, 6) is 0.837. The third-order valence-electron chi connectivity index (χ3n) is 3.33. The Balaban J connectivity index is 1.56. The molecule has 0 bridgehead atoms. The van der Waals surface area contributed by atoms with Crippen LogP contribution in [0.2, 0.25) is 0 Å². The molecule has 2 aromatic carbocycles. The lowest BCUT2D eigenvalue weighted by atomic mass is 10.1. The van der Waals surface area contributed by atoms with Gasteiger partial charge in [0.1, 0.15) is 11.9 Å². The van der Waals surface area contributed by atoms with Crippen molar-refractivity contribution >= 4 is 18.5 Å². The summed E-state index contributed by atoms with van der Waals surface area (Å²) in [5.41, 5.74) is 1.84. The maximum atomic E-state index is 12.0. The van der Waals surface area contributed by atoms with Gasteiger partial charge in [-0.3, -0.25) is 4.79 Å². The van der Waals surface area contributed by atoms with Gasteiger partial charge in [0, 0.05) is 16.9 Å². The average molecular weight is 285 g/mol. The van der Waals surface area contributed by atoms with Crippen molar-refractivity contribution < 1.29 is 9.53 Å². The fourth-order valence-corrected chi connectivity index (χ4v) is 2.44. The topological polar surface area (TPSA) is 38.3 Å². The van der Waals surface area contributed by atoms with Gasteiger partial charge in [-0.1, -0.05) is 18.2 Å². The number of carbonyl (C=O) groups excluding carboxylic acids is 1. The Labute approximate surface area is 123 Å². The molecule has 20 heavy (non-hydrogen) atoms. The van der Waals surface area contributed by atoms with Crippen molar-refractivity contribution in [2.75, 3.05) is 6.54 Å². The molecule has 4 heteroatoms. The van der Waals surface area contributed by atoms with E-state index in [1.165, 1.54) is 5.56 Å². The monoisotopic (exact) mass is 285 g/mol. The Bertz CT molecular complexity index is 600. The number of ether oxygens (including phenoxy) is 1. The Morgan fingerprint density at radius 3 is 2.70 bits per heavy atom. The second kappa shape index (κ2) is 5.59. The van der Waals surface area contributed by atoms with E-state index in [4.69, 9.17) is 4.74 Å². The van der Waals surface area contributed by atoms with Crippen LogP contribution in [0.15, 0.2) is 53.4 Å². The predicted octanol–water partition coefficient (Wildman–Crippen LogP) is 2.71. The minimum Gasteiger partial charge on any atom is -0.488 e. The van der Waals surface area contributed by atoms with Gasteiger partial charge in [-0.25, -0.2) is 0 Å². The highest BCUT2D eigenvalue weighted by atomic mass is 32.1. The summed E-state index contributed by atoms with van der Waals surface area (Å²) in [5, 5.41) is 2.91. The molecule has 0 fully saturated rings. The Morgan fingerprint density at radius 1 is 1.20 bits per heavy atom. The first-order chi connectivity index (χ1) is 9.72. The Morgan fingerprint density at radius 2 is 1.95 bits per heavy atom. The van der Waals surface area contributed by atoms with E-state index >= 15 is 0 Å². The summed E-state index contributed by atoms with van der Waals surface area (Å²) in [6.07, 6.45) is 0.854. The molecule has 3 nitrogen and oxygen atoms in total. The molecule has 1 atom stereocenters. The van der Waals surface area contributed by atoms with E-state index in [0.29, 0.717) is 12.1 Å². The molecule has 0 radical (unpaired) electrons. The van der Waals surface area contributed by atoms with Crippen molar-refractivity contribution in [1.82, 2.24) is 5.32 Å². The van der Waals surface area contributed by atoms with Crippen LogP contribution in [-0.4, -0.2) is 18.6 Å². The third-order valence-corrected chi connectivity index (χ3v) is 3.63. The van der Waals surface area contributed by atoms with Crippen molar-refractivity contribution in [3.8, 4) is 5.75 Å². The van der Waals surface area contributed by atoms with Crippen LogP contribution in [0.3, 0.4) is 0 Å². The van der Waals surface area contributed by atoms with Gasteiger partial charge in [-0.2, -0.15) is 0 Å². The van der Waals surface area contributed by atoms with Gasteiger partial charge >= 0.3 is 0 Å². The SMILES string of the molecule is O=C(NCC1Cc2ccccc2O1)c1ccc(S)cc1. The molecular formula is C16H15NO2S. The standard InChI is InChI=1S/C16H15NO2S/c18-16(11-5-7-14(20)8-6-11)17-10-13-9-12-3-1-2-4-15(12)19-13/h1-8,13,20H,9-10H2,(H,17,18). The minimum atomic E-state index is -0.0853. The smallest absolute Gasteiger partial charge is 0.251 e. The highest BCUT2D eigenvalue weighted by Crippen LogP contribution is 2.27. The molecule has 1 unspecified atom stereocenters. The van der Waals surface area contributed by atoms with Crippen LogP contribution in [0.1, 0.15) is 15.9 Å². The number of hydrogen-bond acceptors (Lipinski definition) is 3. The van der Waals surface area contributed by atoms with Crippen LogP contribution in [0.4, 0.5) is 0 Å². The maximum Gasteiger partial charge on any atom is 0.251 e. The molecule has 3 rings (SSSR count). The fraction of sp³-hybridized carbons (Fsp3) is 0.188. The summed E-state index contributed by atoms with van der Waals surface area (Å²) in [6.45, 7) is 0.510. The molecule has 102 valence electrons. The van der Waals surface area contributed by atoms with E-state index in [1.807, 2.05) is 18.2 Å². The van der Waals surface area contributed by atoms with Gasteiger partial charge < -0.3 is 10.1 Å². The van der Waals surface area contributed by atoms with Crippen LogP contribution in [0.5, 0.6) is 5.75 Å². The highest BCUT2D eigenvalue weighted by molar-refractivity contribution is 7.80. The fourth-order valence-electron chi connectivity index (χ4n) is 2.29. The van der Waals surface area contributed by atoms with E-state index in [2.05, 4.69) is 24.0 Å². The Kier molecular flexibility index (Phi) is 3.65. The molecule has 0 saturated carbocycles. The summed E-state index contributed by atoms with van der Waals surface area (Å²) in [4.78, 5) is 12.8. The molecule has 0 aliphatic carbocycles. The maximum absolute atomic E-state index is 12.0. The van der Waals surface area contributed by atoms with E-state index in [9.17, 15) is 4.79 Å². The first kappa shape index (κ1) is 13.1. The van der Waals surface area contributed by atoms with Gasteiger partial charge in [0.2, 0.25) is 0 Å². The first-order valence-corrected chi connectivity index (χ1v) is 6.99. The van der Waals surface area contributed by atoms with E-state index in [0.717, 1.165) is 17.1 Å². The number of nitrogens with one attached hydrogen (secondary N) is 1. The van der Waals surface area contributed by atoms with Crippen LogP contribution in [0, 0.1) is 0 Å². The van der Waals surface area contributed by atoms with Crippen molar-refractivity contribution in [1.29, 1.82) is 0 Å². The van der Waals surface area contributed by atoms with Gasteiger partial charge in [0.05, 0.1) is 6.54 Å². The first-order valence-electron chi connectivity index (χ1n) is 6.54. The van der Waals surface area contributed by atoms with E-state index < -0.39 is 0 Å². The molecule has 2 aromatic rings. The lowest BCUT2D eigenvalue weighted by Crippen LogP contribution is -2.34. The lowest BCUT2D eigenvalue weighted by molar-refractivity contribution is 0.0933. The average Bonchev–Trinajstić information content (AvgIpc) is 2.88. The molecular weight excluding hydrogens is 270 g/mol. The highest BCUT2D eigenvalue weighted by Gasteiger charge is 2.22. The number of hydrogen-bond donors (Lipinski definition) is 2. The number of rotatable bonds is 3. The second-order valence-electron chi connectivity index (χ2n) is 4.81. The summed E-state index contributed by atoms with van der Waals surface area (Å²) in [6, 6.07) is 15.1. The summed E-state index contributed by atoms with van der Waals surface area (Å²) in [7, 11) is 0. The van der Waals surface area contributed by atoms with Crippen molar-refractivity contribution in [2.45, 2.75) is 17.4 Å². The number of benzene rings is 2. The number of thiol groups is 1. The summed E-state index contributed by atoms with van der Waals surface area (Å²) >= 11 is 4.20. The molecule has 0 saturated heterocycles. The van der Waals surface area contributed by atoms with Gasteiger partial charge in [-0.15, -0.1) is 12.6 Å². The second-order valence-corrected chi connectivity index (χ2v) is 5.33. The van der Waals surface area contributed by atoms with Crippen molar-refractivity contribution in [3.63, 3.8) is 0 Å². The lowest BCUT2D eigenvalue weighted by Gasteiger charge is -2.12. The van der Waals surface area contributed by atoms with Crippen molar-refractivity contribution in [2.24, 2.45) is 0 Å². The van der Waals surface area contributed by atoms with Gasteiger partial charge in [-0.05, 0) is 35.9 Å². The van der Waals surface area contributed by atoms with Crippen LogP contribution in [0.25, 0.3) is 0 Å². The zero-order chi connectivity index (χ0) is 13.9. The number of fused-ring (bicyclic) bond motifs is 1. The zero-order valence-electron chi connectivity index (χ0n) is 10.9. The quantitative estimate of drug-likeness (QED) is 0.851. The minimum absolute atomic E-state index is 0.0144. The van der Waals surface area contributed by atoms with Crippen LogP contribution in [-0.2, 0) is 6.42 Å². The van der Waals surface area contributed by atoms with Crippen molar-refractivity contribution in [3.05, 3.63) is 59.7 Å². The Hall–Kier alpha value is -1.94. The number of carbonyl (C=O) groups is 1. The molecule has 0 spiro atoms. The van der Waals surface area contributed by atoms with E-state index in [1.54, 1.807) is 24.3 Å². The molecule has 1 aliphatic heterocycles. The predicted molar refractivity (Wildman–Crippen MR) is 80.6 cm³/mol. The molecule has 1 aliphatic rings. The normalized spacial score (nSPS) is 16.4. The van der Waals surface area contributed by atoms with Crippen LogP contribution < -0.4 is 10.1 Å². The van der Waals surface area contributed by atoms with Gasteiger partial charge in [0.25, 0.3) is 5.91 Å². The molecule has 1 heterocycles. The third kappa shape index (κ3) is 2.80. The summed E-state index contributed by atoms with van der Waals surface area (Å²) < 4.78 is 5.79. The van der Waals surface area contributed by atoms with E-state index in [-0.39, 0.29) is 12.0 Å². The molecule has 0 aromatic heterocycles. The van der Waals surface area contributed by atoms with Gasteiger partial charge in [0.15, 0.2) is 0 Å². The number of amides is 1.